The Bertz CT molecular complexity index is 1250. The third-order valence-corrected chi connectivity index (χ3v) is 6.78. The Hall–Kier alpha value is -3.21. The van der Waals surface area contributed by atoms with Gasteiger partial charge in [0.1, 0.15) is 31.0 Å². The zero-order chi connectivity index (χ0) is 24.3. The molecule has 1 aliphatic heterocycles. The Kier molecular flexibility index (Phi) is 7.01. The molecule has 0 bridgehead atoms. The van der Waals surface area contributed by atoms with Gasteiger partial charge in [-0.25, -0.2) is 27.0 Å². The second-order valence-electron chi connectivity index (χ2n) is 8.15. The van der Waals surface area contributed by atoms with Crippen LogP contribution in [0.15, 0.2) is 53.7 Å². The van der Waals surface area contributed by atoms with Crippen LogP contribution in [0.4, 0.5) is 13.6 Å². The van der Waals surface area contributed by atoms with E-state index >= 15 is 0 Å². The number of nitrogens with zero attached hydrogens (tertiary/aromatic N) is 3. The first-order valence-electron chi connectivity index (χ1n) is 10.8. The van der Waals surface area contributed by atoms with Crippen LogP contribution in [0.25, 0.3) is 16.7 Å². The molecule has 1 saturated heterocycles. The van der Waals surface area contributed by atoms with Crippen molar-refractivity contribution in [2.45, 2.75) is 29.9 Å². The molecule has 11 heteroatoms. The van der Waals surface area contributed by atoms with E-state index in [1.807, 2.05) is 16.8 Å². The summed E-state index contributed by atoms with van der Waals surface area (Å²) < 4.78 is 61.3. The fourth-order valence-corrected chi connectivity index (χ4v) is 4.46. The van der Waals surface area contributed by atoms with Crippen molar-refractivity contribution in [2.24, 2.45) is 0 Å². The van der Waals surface area contributed by atoms with E-state index in [0.29, 0.717) is 37.5 Å². The van der Waals surface area contributed by atoms with Crippen molar-refractivity contribution < 1.29 is 31.5 Å². The second kappa shape index (κ2) is 9.96. The molecule has 0 radical (unpaired) electrons. The van der Waals surface area contributed by atoms with Crippen LogP contribution in [-0.4, -0.2) is 73.9 Å². The monoisotopic (exact) mass is 493 g/mol. The zero-order valence-electron chi connectivity index (χ0n) is 18.6. The first-order valence-corrected chi connectivity index (χ1v) is 12.7. The SMILES string of the molecule is CS(=O)(=O)c1ccc2c(ccn2-c2ccc(OC3CCN(C(=O)OC(CF)CF)CC3)cn2)c1. The van der Waals surface area contributed by atoms with E-state index in [-0.39, 0.29) is 11.0 Å². The number of rotatable bonds is 7. The van der Waals surface area contributed by atoms with Crippen molar-refractivity contribution in [1.82, 2.24) is 14.5 Å². The van der Waals surface area contributed by atoms with E-state index in [9.17, 15) is 22.0 Å². The molecule has 1 aliphatic rings. The summed E-state index contributed by atoms with van der Waals surface area (Å²) in [6.07, 6.45) is 3.52. The van der Waals surface area contributed by atoms with E-state index in [1.54, 1.807) is 36.5 Å². The summed E-state index contributed by atoms with van der Waals surface area (Å²) in [5.41, 5.74) is 0.829. The molecule has 4 rings (SSSR count). The number of hydrogen-bond acceptors (Lipinski definition) is 6. The van der Waals surface area contributed by atoms with Crippen molar-refractivity contribution >= 4 is 26.8 Å². The number of amides is 1. The third-order valence-electron chi connectivity index (χ3n) is 5.67. The standard InChI is InChI=1S/C23H25F2N3O5S/c1-34(30,31)20-3-4-21-16(12-20)6-11-28(21)22-5-2-18(15-26-22)32-17-7-9-27(10-8-17)23(29)33-19(13-24)14-25/h2-6,11-12,15,17,19H,7-10,13-14H2,1H3. The number of hydrogen-bond donors (Lipinski definition) is 0. The van der Waals surface area contributed by atoms with Crippen molar-refractivity contribution in [3.8, 4) is 11.6 Å². The topological polar surface area (TPSA) is 90.7 Å². The summed E-state index contributed by atoms with van der Waals surface area (Å²) in [4.78, 5) is 18.1. The van der Waals surface area contributed by atoms with Gasteiger partial charge in [-0.2, -0.15) is 0 Å². The molecule has 0 aliphatic carbocycles. The Morgan fingerprint density at radius 3 is 2.50 bits per heavy atom. The van der Waals surface area contributed by atoms with Crippen LogP contribution >= 0.6 is 0 Å². The second-order valence-corrected chi connectivity index (χ2v) is 10.2. The maximum atomic E-state index is 12.6. The van der Waals surface area contributed by atoms with Crippen molar-refractivity contribution in [1.29, 1.82) is 0 Å². The van der Waals surface area contributed by atoms with E-state index in [4.69, 9.17) is 9.47 Å². The number of aromatic nitrogens is 2. The minimum Gasteiger partial charge on any atom is -0.489 e. The molecule has 0 saturated carbocycles. The van der Waals surface area contributed by atoms with Gasteiger partial charge in [-0.15, -0.1) is 0 Å². The molecule has 1 amide bonds. The Balaban J connectivity index is 1.36. The Morgan fingerprint density at radius 2 is 1.88 bits per heavy atom. The Morgan fingerprint density at radius 1 is 1.15 bits per heavy atom. The molecule has 2 aromatic heterocycles. The number of benzene rings is 1. The van der Waals surface area contributed by atoms with Crippen molar-refractivity contribution in [3.63, 3.8) is 0 Å². The first kappa shape index (κ1) is 23.9. The molecule has 3 heterocycles. The third kappa shape index (κ3) is 5.30. The van der Waals surface area contributed by atoms with Gasteiger partial charge in [-0.1, -0.05) is 0 Å². The van der Waals surface area contributed by atoms with E-state index < -0.39 is 35.4 Å². The van der Waals surface area contributed by atoms with Crippen LogP contribution in [0.3, 0.4) is 0 Å². The lowest BCUT2D eigenvalue weighted by Gasteiger charge is -2.32. The number of carbonyl (C=O) groups is 1. The number of fused-ring (bicyclic) bond motifs is 1. The Labute approximate surface area is 196 Å². The molecular weight excluding hydrogens is 468 g/mol. The van der Waals surface area contributed by atoms with E-state index in [0.717, 1.165) is 10.9 Å². The first-order chi connectivity index (χ1) is 16.3. The number of pyridine rings is 1. The summed E-state index contributed by atoms with van der Waals surface area (Å²) in [5, 5.41) is 0.791. The smallest absolute Gasteiger partial charge is 0.410 e. The largest absolute Gasteiger partial charge is 0.489 e. The van der Waals surface area contributed by atoms with E-state index in [1.165, 1.54) is 11.2 Å². The van der Waals surface area contributed by atoms with Gasteiger partial charge in [-0.3, -0.25) is 0 Å². The molecule has 8 nitrogen and oxygen atoms in total. The van der Waals surface area contributed by atoms with Crippen LogP contribution in [0.1, 0.15) is 12.8 Å². The molecule has 1 fully saturated rings. The summed E-state index contributed by atoms with van der Waals surface area (Å²) >= 11 is 0. The fourth-order valence-electron chi connectivity index (χ4n) is 3.81. The lowest BCUT2D eigenvalue weighted by molar-refractivity contribution is 0.0249. The number of sulfone groups is 1. The average Bonchev–Trinajstić information content (AvgIpc) is 3.26. The van der Waals surface area contributed by atoms with Gasteiger partial charge < -0.3 is 18.9 Å². The summed E-state index contributed by atoms with van der Waals surface area (Å²) in [5.74, 6) is 1.23. The van der Waals surface area contributed by atoms with Crippen LogP contribution < -0.4 is 4.74 Å². The maximum Gasteiger partial charge on any atom is 0.410 e. The number of halogens is 2. The predicted octanol–water partition coefficient (Wildman–Crippen LogP) is 3.72. The summed E-state index contributed by atoms with van der Waals surface area (Å²) in [6.45, 7) is -1.37. The van der Waals surface area contributed by atoms with Crippen LogP contribution in [0.2, 0.25) is 0 Å². The van der Waals surface area contributed by atoms with Crippen molar-refractivity contribution in [2.75, 3.05) is 32.7 Å². The highest BCUT2D eigenvalue weighted by atomic mass is 32.2. The van der Waals surface area contributed by atoms with E-state index in [2.05, 4.69) is 4.98 Å². The quantitative estimate of drug-likeness (QED) is 0.498. The molecule has 3 aromatic rings. The lowest BCUT2D eigenvalue weighted by atomic mass is 10.1. The van der Waals surface area contributed by atoms with Crippen molar-refractivity contribution in [3.05, 3.63) is 48.8 Å². The van der Waals surface area contributed by atoms with Gasteiger partial charge >= 0.3 is 6.09 Å². The fraction of sp³-hybridized carbons (Fsp3) is 0.391. The average molecular weight is 494 g/mol. The van der Waals surface area contributed by atoms with Crippen LogP contribution in [0.5, 0.6) is 5.75 Å². The number of carbonyl (C=O) groups excluding carboxylic acids is 1. The van der Waals surface area contributed by atoms with Gasteiger partial charge in [0.05, 0.1) is 16.6 Å². The molecule has 0 spiro atoms. The number of alkyl halides is 2. The van der Waals surface area contributed by atoms with Crippen LogP contribution in [-0.2, 0) is 14.6 Å². The van der Waals surface area contributed by atoms with Gasteiger partial charge in [0.25, 0.3) is 0 Å². The number of likely N-dealkylation sites (tertiary alicyclic amines) is 1. The normalized spacial score (nSPS) is 15.1. The van der Waals surface area contributed by atoms with Gasteiger partial charge in [0.15, 0.2) is 15.9 Å². The maximum absolute atomic E-state index is 12.6. The minimum absolute atomic E-state index is 0.128. The highest BCUT2D eigenvalue weighted by molar-refractivity contribution is 7.90. The number of ether oxygens (including phenoxy) is 2. The molecule has 1 aromatic carbocycles. The highest BCUT2D eigenvalue weighted by Crippen LogP contribution is 2.25. The lowest BCUT2D eigenvalue weighted by Crippen LogP contribution is -2.43. The highest BCUT2D eigenvalue weighted by Gasteiger charge is 2.27. The molecule has 0 unspecified atom stereocenters. The van der Waals surface area contributed by atoms with Crippen LogP contribution in [0, 0.1) is 0 Å². The molecule has 0 atom stereocenters. The minimum atomic E-state index is -3.29. The summed E-state index contributed by atoms with van der Waals surface area (Å²) in [6, 6.07) is 10.4. The van der Waals surface area contributed by atoms with Gasteiger partial charge in [0.2, 0.25) is 0 Å². The molecule has 34 heavy (non-hydrogen) atoms. The van der Waals surface area contributed by atoms with Gasteiger partial charge in [0, 0.05) is 43.8 Å². The van der Waals surface area contributed by atoms with Gasteiger partial charge in [-0.05, 0) is 36.4 Å². The molecule has 0 N–H and O–H groups in total. The molecule has 182 valence electrons. The zero-order valence-corrected chi connectivity index (χ0v) is 19.4. The number of piperidine rings is 1. The summed E-state index contributed by atoms with van der Waals surface area (Å²) in [7, 11) is -3.29. The predicted molar refractivity (Wildman–Crippen MR) is 122 cm³/mol. The molecular formula is C23H25F2N3O5S.